The molecule has 0 spiro atoms. The molecule has 0 radical (unpaired) electrons. The molecule has 0 aliphatic heterocycles. The monoisotopic (exact) mass is 325 g/mol. The number of hydrogen-bond acceptors (Lipinski definition) is 3. The number of aryl methyl sites for hydroxylation is 1. The van der Waals surface area contributed by atoms with E-state index in [1.807, 2.05) is 6.20 Å². The SMILES string of the molecule is CCCN(c1ncc(Br)cc1C)C1CCC(N)CC1. The van der Waals surface area contributed by atoms with E-state index >= 15 is 0 Å². The Morgan fingerprint density at radius 3 is 2.63 bits per heavy atom. The molecule has 2 rings (SSSR count). The van der Waals surface area contributed by atoms with Gasteiger partial charge < -0.3 is 10.6 Å². The first kappa shape index (κ1) is 14.8. The van der Waals surface area contributed by atoms with Crippen molar-refractivity contribution in [1.82, 2.24) is 4.98 Å². The molecule has 1 fully saturated rings. The van der Waals surface area contributed by atoms with Gasteiger partial charge in [-0.1, -0.05) is 6.92 Å². The van der Waals surface area contributed by atoms with E-state index in [4.69, 9.17) is 5.73 Å². The smallest absolute Gasteiger partial charge is 0.131 e. The van der Waals surface area contributed by atoms with Crippen LogP contribution in [0.5, 0.6) is 0 Å². The minimum atomic E-state index is 0.402. The molecular formula is C15H24BrN3. The highest BCUT2D eigenvalue weighted by molar-refractivity contribution is 9.10. The minimum absolute atomic E-state index is 0.402. The van der Waals surface area contributed by atoms with E-state index in [-0.39, 0.29) is 0 Å². The predicted molar refractivity (Wildman–Crippen MR) is 84.5 cm³/mol. The largest absolute Gasteiger partial charge is 0.353 e. The van der Waals surface area contributed by atoms with Crippen LogP contribution in [0.1, 0.15) is 44.6 Å². The fraction of sp³-hybridized carbons (Fsp3) is 0.667. The zero-order chi connectivity index (χ0) is 13.8. The topological polar surface area (TPSA) is 42.2 Å². The van der Waals surface area contributed by atoms with Crippen molar-refractivity contribution >= 4 is 21.7 Å². The molecule has 0 aromatic carbocycles. The Hall–Kier alpha value is -0.610. The van der Waals surface area contributed by atoms with Crippen LogP contribution in [0.3, 0.4) is 0 Å². The second kappa shape index (κ2) is 6.71. The number of nitrogens with two attached hydrogens (primary N) is 1. The average molecular weight is 326 g/mol. The summed E-state index contributed by atoms with van der Waals surface area (Å²) in [5.74, 6) is 1.14. The Bertz CT molecular complexity index is 414. The van der Waals surface area contributed by atoms with Crippen molar-refractivity contribution in [2.75, 3.05) is 11.4 Å². The third kappa shape index (κ3) is 3.69. The van der Waals surface area contributed by atoms with Crippen LogP contribution in [0, 0.1) is 6.92 Å². The quantitative estimate of drug-likeness (QED) is 0.918. The van der Waals surface area contributed by atoms with E-state index in [2.05, 4.69) is 45.7 Å². The summed E-state index contributed by atoms with van der Waals surface area (Å²) >= 11 is 3.49. The van der Waals surface area contributed by atoms with Crippen molar-refractivity contribution in [3.05, 3.63) is 22.3 Å². The number of rotatable bonds is 4. The van der Waals surface area contributed by atoms with Gasteiger partial charge in [-0.15, -0.1) is 0 Å². The molecule has 0 bridgehead atoms. The van der Waals surface area contributed by atoms with Crippen LogP contribution in [0.4, 0.5) is 5.82 Å². The lowest BCUT2D eigenvalue weighted by Crippen LogP contribution is -2.42. The predicted octanol–water partition coefficient (Wildman–Crippen LogP) is 3.64. The highest BCUT2D eigenvalue weighted by atomic mass is 79.9. The van der Waals surface area contributed by atoms with Gasteiger partial charge in [-0.2, -0.15) is 0 Å². The van der Waals surface area contributed by atoms with Crippen molar-refractivity contribution in [2.45, 2.75) is 58.0 Å². The van der Waals surface area contributed by atoms with Gasteiger partial charge in [0.25, 0.3) is 0 Å². The van der Waals surface area contributed by atoms with Gasteiger partial charge in [0, 0.05) is 29.3 Å². The average Bonchev–Trinajstić information content (AvgIpc) is 2.38. The van der Waals surface area contributed by atoms with Crippen molar-refractivity contribution < 1.29 is 0 Å². The van der Waals surface area contributed by atoms with Gasteiger partial charge >= 0.3 is 0 Å². The zero-order valence-electron chi connectivity index (χ0n) is 11.9. The Morgan fingerprint density at radius 2 is 2.05 bits per heavy atom. The molecule has 1 heterocycles. The van der Waals surface area contributed by atoms with E-state index in [1.54, 1.807) is 0 Å². The lowest BCUT2D eigenvalue weighted by molar-refractivity contribution is 0.373. The van der Waals surface area contributed by atoms with Gasteiger partial charge in [-0.25, -0.2) is 4.98 Å². The molecule has 0 unspecified atom stereocenters. The Labute approximate surface area is 124 Å². The molecule has 0 saturated heterocycles. The molecule has 4 heteroatoms. The maximum Gasteiger partial charge on any atom is 0.131 e. The summed E-state index contributed by atoms with van der Waals surface area (Å²) in [5.41, 5.74) is 7.27. The third-order valence-corrected chi connectivity index (χ3v) is 4.37. The van der Waals surface area contributed by atoms with Crippen molar-refractivity contribution in [1.29, 1.82) is 0 Å². The second-order valence-electron chi connectivity index (χ2n) is 5.56. The summed E-state index contributed by atoms with van der Waals surface area (Å²) in [4.78, 5) is 7.13. The summed E-state index contributed by atoms with van der Waals surface area (Å²) < 4.78 is 1.05. The molecule has 0 atom stereocenters. The summed E-state index contributed by atoms with van der Waals surface area (Å²) in [7, 11) is 0. The first-order valence-corrected chi connectivity index (χ1v) is 8.05. The zero-order valence-corrected chi connectivity index (χ0v) is 13.5. The van der Waals surface area contributed by atoms with Gasteiger partial charge in [-0.3, -0.25) is 0 Å². The van der Waals surface area contributed by atoms with Crippen molar-refractivity contribution in [3.8, 4) is 0 Å². The summed E-state index contributed by atoms with van der Waals surface area (Å²) in [6, 6.07) is 3.16. The lowest BCUT2D eigenvalue weighted by Gasteiger charge is -2.37. The Kier molecular flexibility index (Phi) is 5.22. The van der Waals surface area contributed by atoms with Gasteiger partial charge in [0.2, 0.25) is 0 Å². The van der Waals surface area contributed by atoms with Crippen molar-refractivity contribution in [3.63, 3.8) is 0 Å². The number of halogens is 1. The van der Waals surface area contributed by atoms with E-state index in [0.29, 0.717) is 12.1 Å². The fourth-order valence-electron chi connectivity index (χ4n) is 2.95. The van der Waals surface area contributed by atoms with Crippen LogP contribution in [0.2, 0.25) is 0 Å². The number of nitrogens with zero attached hydrogens (tertiary/aromatic N) is 2. The van der Waals surface area contributed by atoms with E-state index in [1.165, 1.54) is 18.4 Å². The third-order valence-electron chi connectivity index (χ3n) is 3.94. The molecule has 106 valence electrons. The maximum atomic E-state index is 6.02. The first-order valence-electron chi connectivity index (χ1n) is 7.26. The van der Waals surface area contributed by atoms with Crippen molar-refractivity contribution in [2.24, 2.45) is 5.73 Å². The normalized spacial score (nSPS) is 23.4. The van der Waals surface area contributed by atoms with Crippen LogP contribution in [0.25, 0.3) is 0 Å². The number of pyridine rings is 1. The molecule has 1 aromatic heterocycles. The highest BCUT2D eigenvalue weighted by Gasteiger charge is 2.25. The maximum absolute atomic E-state index is 6.02. The minimum Gasteiger partial charge on any atom is -0.353 e. The summed E-state index contributed by atoms with van der Waals surface area (Å²) in [5, 5.41) is 0. The Morgan fingerprint density at radius 1 is 1.37 bits per heavy atom. The van der Waals surface area contributed by atoms with E-state index in [0.717, 1.165) is 36.1 Å². The van der Waals surface area contributed by atoms with Crippen LogP contribution in [-0.2, 0) is 0 Å². The first-order chi connectivity index (χ1) is 9.11. The molecule has 2 N–H and O–H groups in total. The molecule has 1 aliphatic rings. The fourth-order valence-corrected chi connectivity index (χ4v) is 3.40. The lowest BCUT2D eigenvalue weighted by atomic mass is 9.90. The molecular weight excluding hydrogens is 302 g/mol. The Balaban J connectivity index is 2.19. The molecule has 1 aliphatic carbocycles. The number of aromatic nitrogens is 1. The molecule has 19 heavy (non-hydrogen) atoms. The standard InChI is InChI=1S/C15H24BrN3/c1-3-8-19(14-6-4-13(17)5-7-14)15-11(2)9-12(16)10-18-15/h9-10,13-14H,3-8,17H2,1-2H3. The van der Waals surface area contributed by atoms with Gasteiger partial charge in [0.1, 0.15) is 5.82 Å². The molecule has 3 nitrogen and oxygen atoms in total. The second-order valence-corrected chi connectivity index (χ2v) is 6.47. The van der Waals surface area contributed by atoms with Gasteiger partial charge in [0.05, 0.1) is 0 Å². The molecule has 1 saturated carbocycles. The summed E-state index contributed by atoms with van der Waals surface area (Å²) in [6.07, 6.45) is 7.72. The highest BCUT2D eigenvalue weighted by Crippen LogP contribution is 2.29. The van der Waals surface area contributed by atoms with Gasteiger partial charge in [0.15, 0.2) is 0 Å². The van der Waals surface area contributed by atoms with Crippen LogP contribution >= 0.6 is 15.9 Å². The van der Waals surface area contributed by atoms with E-state index in [9.17, 15) is 0 Å². The summed E-state index contributed by atoms with van der Waals surface area (Å²) in [6.45, 7) is 5.45. The molecule has 1 aromatic rings. The number of hydrogen-bond donors (Lipinski definition) is 1. The van der Waals surface area contributed by atoms with Crippen LogP contribution in [-0.4, -0.2) is 23.6 Å². The van der Waals surface area contributed by atoms with Crippen LogP contribution < -0.4 is 10.6 Å². The van der Waals surface area contributed by atoms with E-state index < -0.39 is 0 Å². The van der Waals surface area contributed by atoms with Gasteiger partial charge in [-0.05, 0) is 66.6 Å². The van der Waals surface area contributed by atoms with Crippen LogP contribution in [0.15, 0.2) is 16.7 Å². The molecule has 0 amide bonds. The number of anilines is 1.